The fourth-order valence-electron chi connectivity index (χ4n) is 1.51. The number of carbonyl (C=O) groups is 1. The predicted molar refractivity (Wildman–Crippen MR) is 86.9 cm³/mol. The monoisotopic (exact) mass is 342 g/mol. The van der Waals surface area contributed by atoms with Crippen LogP contribution in [0.1, 0.15) is 6.42 Å². The zero-order chi connectivity index (χ0) is 15.2. The fourth-order valence-corrected chi connectivity index (χ4v) is 2.85. The molecule has 0 fully saturated rings. The van der Waals surface area contributed by atoms with Crippen molar-refractivity contribution < 1.29 is 4.79 Å². The number of nitrogens with zero attached hydrogens (tertiary/aromatic N) is 2. The van der Waals surface area contributed by atoms with Crippen LogP contribution in [-0.4, -0.2) is 21.6 Å². The van der Waals surface area contributed by atoms with E-state index in [9.17, 15) is 4.79 Å². The summed E-state index contributed by atoms with van der Waals surface area (Å²) in [7, 11) is 0. The number of rotatable bonds is 5. The Labute approximate surface area is 136 Å². The number of nitrogen functional groups attached to an aromatic ring is 1. The molecule has 3 N–H and O–H groups in total. The fraction of sp³-hybridized carbons (Fsp3) is 0.154. The molecule has 2 aromatic rings. The highest BCUT2D eigenvalue weighted by molar-refractivity contribution is 7.99. The Balaban J connectivity index is 1.88. The van der Waals surface area contributed by atoms with Crippen molar-refractivity contribution in [2.24, 2.45) is 0 Å². The van der Waals surface area contributed by atoms with Crippen molar-refractivity contribution >= 4 is 52.2 Å². The Kier molecular flexibility index (Phi) is 5.67. The minimum absolute atomic E-state index is 0.188. The molecular formula is C13H12Cl2N4OS. The molecule has 1 aromatic carbocycles. The van der Waals surface area contributed by atoms with Gasteiger partial charge >= 0.3 is 0 Å². The summed E-state index contributed by atoms with van der Waals surface area (Å²) in [6, 6.07) is 4.81. The van der Waals surface area contributed by atoms with Crippen LogP contribution in [0.5, 0.6) is 0 Å². The number of nitrogens with two attached hydrogens (primary N) is 1. The third kappa shape index (κ3) is 4.77. The van der Waals surface area contributed by atoms with Gasteiger partial charge in [-0.2, -0.15) is 0 Å². The smallest absolute Gasteiger partial charge is 0.225 e. The van der Waals surface area contributed by atoms with Gasteiger partial charge in [0, 0.05) is 30.3 Å². The molecule has 0 atom stereocenters. The number of aromatic nitrogens is 2. The molecule has 1 amide bonds. The number of hydrogen-bond acceptors (Lipinski definition) is 5. The molecule has 1 aromatic heterocycles. The average Bonchev–Trinajstić information content (AvgIpc) is 2.44. The summed E-state index contributed by atoms with van der Waals surface area (Å²) in [6.45, 7) is 0. The van der Waals surface area contributed by atoms with Gasteiger partial charge in [0.2, 0.25) is 5.91 Å². The molecule has 0 saturated heterocycles. The van der Waals surface area contributed by atoms with Crippen LogP contribution in [0.4, 0.5) is 11.4 Å². The van der Waals surface area contributed by atoms with Crippen LogP contribution in [0.3, 0.4) is 0 Å². The van der Waals surface area contributed by atoms with E-state index in [1.54, 1.807) is 18.5 Å². The van der Waals surface area contributed by atoms with Gasteiger partial charge in [0.25, 0.3) is 0 Å². The molecule has 0 unspecified atom stereocenters. The normalized spacial score (nSPS) is 10.4. The SMILES string of the molecule is Nc1cc(Cl)c(NC(=O)CCSc2ncccn2)c(Cl)c1. The molecule has 8 heteroatoms. The van der Waals surface area contributed by atoms with E-state index in [0.717, 1.165) is 0 Å². The van der Waals surface area contributed by atoms with Gasteiger partial charge in [0.1, 0.15) is 0 Å². The van der Waals surface area contributed by atoms with E-state index >= 15 is 0 Å². The summed E-state index contributed by atoms with van der Waals surface area (Å²) in [5.41, 5.74) is 6.42. The van der Waals surface area contributed by atoms with Crippen molar-refractivity contribution in [3.05, 3.63) is 40.6 Å². The standard InChI is InChI=1S/C13H12Cl2N4OS/c14-9-6-8(16)7-10(15)12(9)19-11(20)2-5-21-13-17-3-1-4-18-13/h1,3-4,6-7H,2,5,16H2,(H,19,20). The number of anilines is 2. The second-order valence-electron chi connectivity index (χ2n) is 4.04. The highest BCUT2D eigenvalue weighted by Gasteiger charge is 2.11. The van der Waals surface area contributed by atoms with E-state index in [2.05, 4.69) is 15.3 Å². The maximum absolute atomic E-state index is 11.9. The summed E-state index contributed by atoms with van der Waals surface area (Å²) in [4.78, 5) is 20.0. The van der Waals surface area contributed by atoms with Gasteiger partial charge in [-0.05, 0) is 18.2 Å². The third-order valence-corrected chi connectivity index (χ3v) is 3.90. The van der Waals surface area contributed by atoms with Crippen LogP contribution in [0.25, 0.3) is 0 Å². The third-order valence-electron chi connectivity index (χ3n) is 2.43. The number of hydrogen-bond donors (Lipinski definition) is 2. The Bertz CT molecular complexity index is 616. The first kappa shape index (κ1) is 15.9. The molecule has 0 radical (unpaired) electrons. The molecule has 110 valence electrons. The lowest BCUT2D eigenvalue weighted by Gasteiger charge is -2.10. The number of halogens is 2. The molecule has 0 bridgehead atoms. The number of thioether (sulfide) groups is 1. The van der Waals surface area contributed by atoms with E-state index in [4.69, 9.17) is 28.9 Å². The van der Waals surface area contributed by atoms with Crippen molar-refractivity contribution in [3.63, 3.8) is 0 Å². The second kappa shape index (κ2) is 7.49. The Hall–Kier alpha value is -1.50. The Morgan fingerprint density at radius 3 is 2.48 bits per heavy atom. The zero-order valence-electron chi connectivity index (χ0n) is 10.8. The van der Waals surface area contributed by atoms with E-state index in [0.29, 0.717) is 38.8 Å². The van der Waals surface area contributed by atoms with Crippen LogP contribution < -0.4 is 11.1 Å². The number of amides is 1. The lowest BCUT2D eigenvalue weighted by atomic mass is 10.2. The van der Waals surface area contributed by atoms with Gasteiger partial charge in [-0.15, -0.1) is 0 Å². The van der Waals surface area contributed by atoms with Crippen LogP contribution in [-0.2, 0) is 4.79 Å². The molecular weight excluding hydrogens is 331 g/mol. The number of benzene rings is 1. The van der Waals surface area contributed by atoms with Crippen molar-refractivity contribution in [1.82, 2.24) is 9.97 Å². The van der Waals surface area contributed by atoms with Crippen LogP contribution in [0.2, 0.25) is 10.0 Å². The van der Waals surface area contributed by atoms with E-state index < -0.39 is 0 Å². The molecule has 21 heavy (non-hydrogen) atoms. The highest BCUT2D eigenvalue weighted by atomic mass is 35.5. The first-order valence-electron chi connectivity index (χ1n) is 6.00. The minimum Gasteiger partial charge on any atom is -0.399 e. The summed E-state index contributed by atoms with van der Waals surface area (Å²) >= 11 is 13.4. The van der Waals surface area contributed by atoms with Gasteiger partial charge in [-0.3, -0.25) is 4.79 Å². The Morgan fingerprint density at radius 1 is 1.24 bits per heavy atom. The Morgan fingerprint density at radius 2 is 1.86 bits per heavy atom. The summed E-state index contributed by atoms with van der Waals surface area (Å²) in [5.74, 6) is 0.368. The first-order chi connectivity index (χ1) is 10.1. The molecule has 0 saturated carbocycles. The number of carbonyl (C=O) groups excluding carboxylic acids is 1. The van der Waals surface area contributed by atoms with E-state index in [1.165, 1.54) is 23.9 Å². The van der Waals surface area contributed by atoms with Gasteiger partial charge < -0.3 is 11.1 Å². The molecule has 0 aliphatic rings. The highest BCUT2D eigenvalue weighted by Crippen LogP contribution is 2.32. The van der Waals surface area contributed by atoms with Crippen LogP contribution in [0.15, 0.2) is 35.7 Å². The number of nitrogens with one attached hydrogen (secondary N) is 1. The van der Waals surface area contributed by atoms with Gasteiger partial charge in [-0.25, -0.2) is 9.97 Å². The molecule has 1 heterocycles. The van der Waals surface area contributed by atoms with Gasteiger partial charge in [0.15, 0.2) is 5.16 Å². The van der Waals surface area contributed by atoms with Crippen LogP contribution >= 0.6 is 35.0 Å². The lowest BCUT2D eigenvalue weighted by Crippen LogP contribution is -2.13. The van der Waals surface area contributed by atoms with Crippen molar-refractivity contribution in [3.8, 4) is 0 Å². The molecule has 0 aliphatic carbocycles. The minimum atomic E-state index is -0.188. The maximum Gasteiger partial charge on any atom is 0.225 e. The molecule has 0 aliphatic heterocycles. The first-order valence-corrected chi connectivity index (χ1v) is 7.74. The molecule has 2 rings (SSSR count). The van der Waals surface area contributed by atoms with Crippen molar-refractivity contribution in [2.45, 2.75) is 11.6 Å². The quantitative estimate of drug-likeness (QED) is 0.493. The second-order valence-corrected chi connectivity index (χ2v) is 5.91. The lowest BCUT2D eigenvalue weighted by molar-refractivity contribution is -0.115. The summed E-state index contributed by atoms with van der Waals surface area (Å²) in [6.07, 6.45) is 3.60. The summed E-state index contributed by atoms with van der Waals surface area (Å²) < 4.78 is 0. The summed E-state index contributed by atoms with van der Waals surface area (Å²) in [5, 5.41) is 3.94. The van der Waals surface area contributed by atoms with Gasteiger partial charge in [-0.1, -0.05) is 35.0 Å². The van der Waals surface area contributed by atoms with Crippen molar-refractivity contribution in [1.29, 1.82) is 0 Å². The average molecular weight is 343 g/mol. The maximum atomic E-state index is 11.9. The predicted octanol–water partition coefficient (Wildman–Crippen LogP) is 3.49. The van der Waals surface area contributed by atoms with Crippen LogP contribution in [0, 0.1) is 0 Å². The largest absolute Gasteiger partial charge is 0.399 e. The molecule has 5 nitrogen and oxygen atoms in total. The van der Waals surface area contributed by atoms with E-state index in [1.807, 2.05) is 0 Å². The topological polar surface area (TPSA) is 80.9 Å². The van der Waals surface area contributed by atoms with E-state index in [-0.39, 0.29) is 5.91 Å². The van der Waals surface area contributed by atoms with Crippen molar-refractivity contribution in [2.75, 3.05) is 16.8 Å². The molecule has 0 spiro atoms. The van der Waals surface area contributed by atoms with Gasteiger partial charge in [0.05, 0.1) is 15.7 Å². The zero-order valence-corrected chi connectivity index (χ0v) is 13.2.